The summed E-state index contributed by atoms with van der Waals surface area (Å²) in [7, 11) is 2.13. The molecule has 2 heterocycles. The van der Waals surface area contributed by atoms with Gasteiger partial charge in [0.15, 0.2) is 0 Å². The van der Waals surface area contributed by atoms with Crippen LogP contribution in [-0.2, 0) is 13.0 Å². The zero-order valence-electron chi connectivity index (χ0n) is 11.2. The second kappa shape index (κ2) is 4.09. The standard InChI is InChI=1S/C15H19FN2.H2/c1-9(2)10-6-11-12-8-18(3)5-4-14(12)17-15(11)7-13(10)16;/h6-7,9,17H,4-5,8H2,1-3H3;1H. The topological polar surface area (TPSA) is 19.0 Å². The average molecular weight is 248 g/mol. The van der Waals surface area contributed by atoms with Crippen LogP contribution in [0.3, 0.4) is 0 Å². The van der Waals surface area contributed by atoms with Gasteiger partial charge in [0.05, 0.1) is 0 Å². The summed E-state index contributed by atoms with van der Waals surface area (Å²) in [5, 5.41) is 1.20. The number of H-pyrrole nitrogens is 1. The Labute approximate surface area is 108 Å². The van der Waals surface area contributed by atoms with Crippen molar-refractivity contribution in [2.45, 2.75) is 32.7 Å². The van der Waals surface area contributed by atoms with Crippen LogP contribution in [0.5, 0.6) is 0 Å². The van der Waals surface area contributed by atoms with Gasteiger partial charge in [0.2, 0.25) is 0 Å². The van der Waals surface area contributed by atoms with Crippen LogP contribution >= 0.6 is 0 Å². The number of rotatable bonds is 1. The normalized spacial score (nSPS) is 16.5. The summed E-state index contributed by atoms with van der Waals surface area (Å²) in [6.45, 7) is 6.10. The van der Waals surface area contributed by atoms with Crippen molar-refractivity contribution in [3.63, 3.8) is 0 Å². The highest BCUT2D eigenvalue weighted by molar-refractivity contribution is 5.85. The minimum absolute atomic E-state index is 0. The van der Waals surface area contributed by atoms with Crippen molar-refractivity contribution in [1.29, 1.82) is 0 Å². The molecule has 0 saturated heterocycles. The Morgan fingerprint density at radius 3 is 2.89 bits per heavy atom. The third-order valence-corrected chi connectivity index (χ3v) is 3.91. The zero-order valence-corrected chi connectivity index (χ0v) is 11.2. The third-order valence-electron chi connectivity index (χ3n) is 3.91. The maximum absolute atomic E-state index is 14.0. The van der Waals surface area contributed by atoms with E-state index in [0.717, 1.165) is 30.6 Å². The predicted molar refractivity (Wildman–Crippen MR) is 74.5 cm³/mol. The fourth-order valence-electron chi connectivity index (χ4n) is 2.83. The van der Waals surface area contributed by atoms with Crippen LogP contribution in [-0.4, -0.2) is 23.5 Å². The third kappa shape index (κ3) is 1.74. The molecule has 3 rings (SSSR count). The van der Waals surface area contributed by atoms with Crippen molar-refractivity contribution < 1.29 is 5.82 Å². The molecule has 18 heavy (non-hydrogen) atoms. The van der Waals surface area contributed by atoms with Gasteiger partial charge in [-0.05, 0) is 36.2 Å². The number of nitrogens with zero attached hydrogens (tertiary/aromatic N) is 1. The molecule has 3 heteroatoms. The molecule has 1 aromatic carbocycles. The zero-order chi connectivity index (χ0) is 12.9. The number of likely N-dealkylation sites (N-methyl/N-ethyl adjacent to an activating group) is 1. The largest absolute Gasteiger partial charge is 0.358 e. The van der Waals surface area contributed by atoms with Crippen molar-refractivity contribution in [1.82, 2.24) is 9.88 Å². The van der Waals surface area contributed by atoms with Crippen LogP contribution in [0.4, 0.5) is 4.39 Å². The van der Waals surface area contributed by atoms with Gasteiger partial charge in [-0.15, -0.1) is 0 Å². The molecule has 1 aromatic heterocycles. The number of fused-ring (bicyclic) bond motifs is 3. The first-order valence-corrected chi connectivity index (χ1v) is 6.57. The molecule has 0 aliphatic carbocycles. The first-order chi connectivity index (χ1) is 8.56. The van der Waals surface area contributed by atoms with Gasteiger partial charge in [0.25, 0.3) is 0 Å². The van der Waals surface area contributed by atoms with Gasteiger partial charge in [0, 0.05) is 37.5 Å². The molecule has 2 nitrogen and oxygen atoms in total. The number of hydrogen-bond acceptors (Lipinski definition) is 1. The molecule has 0 radical (unpaired) electrons. The molecule has 0 saturated carbocycles. The minimum atomic E-state index is -0.0931. The van der Waals surface area contributed by atoms with Crippen LogP contribution in [0.25, 0.3) is 10.9 Å². The lowest BCUT2D eigenvalue weighted by molar-refractivity contribution is 0.313. The Morgan fingerprint density at radius 1 is 1.39 bits per heavy atom. The second-order valence-corrected chi connectivity index (χ2v) is 5.64. The smallest absolute Gasteiger partial charge is 0.128 e. The van der Waals surface area contributed by atoms with Gasteiger partial charge >= 0.3 is 0 Å². The van der Waals surface area contributed by atoms with Gasteiger partial charge in [-0.25, -0.2) is 4.39 Å². The second-order valence-electron chi connectivity index (χ2n) is 5.64. The van der Waals surface area contributed by atoms with Crippen LogP contribution in [0.1, 0.15) is 38.0 Å². The molecule has 0 bridgehead atoms. The van der Waals surface area contributed by atoms with E-state index in [-0.39, 0.29) is 13.2 Å². The maximum atomic E-state index is 14.0. The highest BCUT2D eigenvalue weighted by atomic mass is 19.1. The van der Waals surface area contributed by atoms with E-state index in [1.807, 2.05) is 19.9 Å². The summed E-state index contributed by atoms with van der Waals surface area (Å²) in [6, 6.07) is 3.69. The Balaban J connectivity index is 0.00000133. The number of hydrogen-bond donors (Lipinski definition) is 1. The van der Waals surface area contributed by atoms with Crippen LogP contribution in [0, 0.1) is 5.82 Å². The molecule has 1 aliphatic heterocycles. The first-order valence-electron chi connectivity index (χ1n) is 6.57. The molecule has 1 N–H and O–H groups in total. The molecule has 1 aliphatic rings. The number of aromatic nitrogens is 1. The monoisotopic (exact) mass is 248 g/mol. The summed E-state index contributed by atoms with van der Waals surface area (Å²) in [6.07, 6.45) is 1.03. The van der Waals surface area contributed by atoms with E-state index in [1.54, 1.807) is 6.07 Å². The fraction of sp³-hybridized carbons (Fsp3) is 0.467. The summed E-state index contributed by atoms with van der Waals surface area (Å²) in [4.78, 5) is 5.69. The number of nitrogens with one attached hydrogen (secondary N) is 1. The lowest BCUT2D eigenvalue weighted by atomic mass is 9.98. The number of halogens is 1. The van der Waals surface area contributed by atoms with Crippen molar-refractivity contribution in [3.8, 4) is 0 Å². The average Bonchev–Trinajstić information content (AvgIpc) is 2.64. The maximum Gasteiger partial charge on any atom is 0.128 e. The molecule has 0 amide bonds. The van der Waals surface area contributed by atoms with Gasteiger partial charge in [-0.3, -0.25) is 0 Å². The Kier molecular flexibility index (Phi) is 2.67. The predicted octanol–water partition coefficient (Wildman–Crippen LogP) is 3.66. The molecule has 0 atom stereocenters. The van der Waals surface area contributed by atoms with Crippen molar-refractivity contribution >= 4 is 10.9 Å². The van der Waals surface area contributed by atoms with Crippen LogP contribution < -0.4 is 0 Å². The molecule has 2 aromatic rings. The summed E-state index contributed by atoms with van der Waals surface area (Å²) >= 11 is 0. The van der Waals surface area contributed by atoms with E-state index >= 15 is 0 Å². The highest BCUT2D eigenvalue weighted by Crippen LogP contribution is 2.31. The molecule has 0 spiro atoms. The Bertz CT molecular complexity index is 604. The summed E-state index contributed by atoms with van der Waals surface area (Å²) in [5.41, 5.74) is 4.39. The van der Waals surface area contributed by atoms with Crippen molar-refractivity contribution in [2.24, 2.45) is 0 Å². The first kappa shape index (κ1) is 11.7. The van der Waals surface area contributed by atoms with E-state index in [9.17, 15) is 4.39 Å². The van der Waals surface area contributed by atoms with E-state index in [0.29, 0.717) is 0 Å². The van der Waals surface area contributed by atoms with E-state index < -0.39 is 0 Å². The summed E-state index contributed by atoms with van der Waals surface area (Å²) < 4.78 is 14.0. The van der Waals surface area contributed by atoms with Crippen molar-refractivity contribution in [2.75, 3.05) is 13.6 Å². The highest BCUT2D eigenvalue weighted by Gasteiger charge is 2.20. The quantitative estimate of drug-likeness (QED) is 0.816. The molecular weight excluding hydrogens is 227 g/mol. The van der Waals surface area contributed by atoms with E-state index in [1.165, 1.54) is 16.6 Å². The SMILES string of the molecule is CC(C)c1cc2c3c([nH]c2cc1F)CCN(C)C3.[HH]. The van der Waals surface area contributed by atoms with Gasteiger partial charge < -0.3 is 9.88 Å². The summed E-state index contributed by atoms with van der Waals surface area (Å²) in [5.74, 6) is 0.130. The number of aromatic amines is 1. The van der Waals surface area contributed by atoms with Gasteiger partial charge in [0.1, 0.15) is 5.82 Å². The number of benzene rings is 1. The van der Waals surface area contributed by atoms with E-state index in [4.69, 9.17) is 0 Å². The molecule has 0 unspecified atom stereocenters. The minimum Gasteiger partial charge on any atom is -0.358 e. The van der Waals surface area contributed by atoms with Gasteiger partial charge in [-0.1, -0.05) is 13.8 Å². The van der Waals surface area contributed by atoms with E-state index in [2.05, 4.69) is 16.9 Å². The van der Waals surface area contributed by atoms with Crippen LogP contribution in [0.15, 0.2) is 12.1 Å². The molecule has 98 valence electrons. The Morgan fingerprint density at radius 2 is 2.17 bits per heavy atom. The Hall–Kier alpha value is -1.35. The molecular formula is C15H21FN2. The van der Waals surface area contributed by atoms with Crippen molar-refractivity contribution in [3.05, 3.63) is 34.8 Å². The molecule has 0 fully saturated rings. The fourth-order valence-corrected chi connectivity index (χ4v) is 2.83. The van der Waals surface area contributed by atoms with Gasteiger partial charge in [-0.2, -0.15) is 0 Å². The lowest BCUT2D eigenvalue weighted by Crippen LogP contribution is -2.26. The lowest BCUT2D eigenvalue weighted by Gasteiger charge is -2.22. The van der Waals surface area contributed by atoms with Crippen LogP contribution in [0.2, 0.25) is 0 Å².